The summed E-state index contributed by atoms with van der Waals surface area (Å²) in [4.78, 5) is 17.8. The molecule has 0 bridgehead atoms. The Morgan fingerprint density at radius 3 is 2.60 bits per heavy atom. The molecule has 1 aliphatic heterocycles. The average molecular weight is 437 g/mol. The zero-order valence-electron chi connectivity index (χ0n) is 15.5. The Labute approximate surface area is 169 Å². The fraction of sp³-hybridized carbons (Fsp3) is 0.211. The molecule has 0 spiro atoms. The summed E-state index contributed by atoms with van der Waals surface area (Å²) in [5.41, 5.74) is 1.89. The molecule has 2 aromatic carbocycles. The topological polar surface area (TPSA) is 93.4 Å². The second-order valence-corrected chi connectivity index (χ2v) is 8.89. The number of nitrogens with zero attached hydrogens (tertiary/aromatic N) is 3. The molecule has 11 heteroatoms. The Hall–Kier alpha value is -3.21. The highest BCUT2D eigenvalue weighted by Gasteiger charge is 2.38. The predicted molar refractivity (Wildman–Crippen MR) is 97.9 cm³/mol. The maximum Gasteiger partial charge on any atom is 0.471 e. The van der Waals surface area contributed by atoms with Gasteiger partial charge in [-0.25, -0.2) is 8.42 Å². The van der Waals surface area contributed by atoms with Crippen LogP contribution < -0.4 is 0 Å². The Morgan fingerprint density at radius 1 is 1.17 bits per heavy atom. The van der Waals surface area contributed by atoms with Crippen molar-refractivity contribution in [1.29, 1.82) is 0 Å². The molecule has 3 aromatic rings. The molecular formula is C19H14F3N3O4S. The number of sulfone groups is 1. The van der Waals surface area contributed by atoms with Crippen molar-refractivity contribution in [3.63, 3.8) is 0 Å². The van der Waals surface area contributed by atoms with E-state index in [1.807, 2.05) is 0 Å². The van der Waals surface area contributed by atoms with Gasteiger partial charge in [-0.2, -0.15) is 18.2 Å². The van der Waals surface area contributed by atoms with Crippen LogP contribution in [-0.2, 0) is 29.1 Å². The second kappa shape index (κ2) is 6.94. The number of hydrogen-bond donors (Lipinski definition) is 0. The van der Waals surface area contributed by atoms with Gasteiger partial charge in [0.25, 0.3) is 5.91 Å². The van der Waals surface area contributed by atoms with Gasteiger partial charge in [-0.3, -0.25) is 4.79 Å². The molecule has 0 radical (unpaired) electrons. The van der Waals surface area contributed by atoms with Gasteiger partial charge < -0.3 is 9.42 Å². The summed E-state index contributed by atoms with van der Waals surface area (Å²) in [7, 11) is -3.38. The lowest BCUT2D eigenvalue weighted by Gasteiger charge is -2.16. The fourth-order valence-corrected chi connectivity index (χ4v) is 3.87. The van der Waals surface area contributed by atoms with E-state index in [9.17, 15) is 26.4 Å². The smallest absolute Gasteiger partial charge is 0.330 e. The molecule has 0 atom stereocenters. The van der Waals surface area contributed by atoms with E-state index < -0.39 is 21.9 Å². The highest BCUT2D eigenvalue weighted by atomic mass is 32.2. The van der Waals surface area contributed by atoms with Crippen LogP contribution in [0, 0.1) is 0 Å². The summed E-state index contributed by atoms with van der Waals surface area (Å²) in [5.74, 6) is -2.05. The molecule has 2 heterocycles. The molecule has 0 saturated carbocycles. The van der Waals surface area contributed by atoms with Crippen LogP contribution in [0.15, 0.2) is 51.9 Å². The Bertz CT molecular complexity index is 1250. The minimum atomic E-state index is -4.75. The fourth-order valence-electron chi connectivity index (χ4n) is 3.18. The highest BCUT2D eigenvalue weighted by Crippen LogP contribution is 2.32. The van der Waals surface area contributed by atoms with Crippen LogP contribution in [0.2, 0.25) is 0 Å². The number of carbonyl (C=O) groups is 1. The number of benzene rings is 2. The van der Waals surface area contributed by atoms with E-state index in [4.69, 9.17) is 0 Å². The summed E-state index contributed by atoms with van der Waals surface area (Å²) in [5, 5.41) is 3.33. The lowest BCUT2D eigenvalue weighted by Crippen LogP contribution is -2.23. The highest BCUT2D eigenvalue weighted by molar-refractivity contribution is 7.90. The van der Waals surface area contributed by atoms with Crippen molar-refractivity contribution in [1.82, 2.24) is 15.0 Å². The van der Waals surface area contributed by atoms with Gasteiger partial charge >= 0.3 is 12.1 Å². The average Bonchev–Trinajstić information content (AvgIpc) is 3.27. The first-order chi connectivity index (χ1) is 14.0. The standard InChI is InChI=1S/C19H14F3N3O4S/c1-30(27,28)14-4-2-3-11(7-14)9-25-10-13-6-5-12(8-15(13)17(25)26)16-23-18(29-24-16)19(20,21)22/h2-8H,9-10H2,1H3. The second-order valence-electron chi connectivity index (χ2n) is 6.87. The van der Waals surface area contributed by atoms with Gasteiger partial charge in [-0.05, 0) is 29.3 Å². The van der Waals surface area contributed by atoms with Crippen molar-refractivity contribution in [2.75, 3.05) is 6.26 Å². The number of carbonyl (C=O) groups excluding carboxylic acids is 1. The third kappa shape index (κ3) is 3.80. The van der Waals surface area contributed by atoms with Gasteiger partial charge in [0.2, 0.25) is 5.82 Å². The number of fused-ring (bicyclic) bond motifs is 1. The van der Waals surface area contributed by atoms with Gasteiger partial charge in [0.1, 0.15) is 0 Å². The molecule has 156 valence electrons. The largest absolute Gasteiger partial charge is 0.471 e. The predicted octanol–water partition coefficient (Wildman–Crippen LogP) is 3.31. The quantitative estimate of drug-likeness (QED) is 0.622. The SMILES string of the molecule is CS(=O)(=O)c1cccc(CN2Cc3ccc(-c4noc(C(F)(F)F)n4)cc3C2=O)c1. The molecule has 1 aliphatic rings. The first kappa shape index (κ1) is 20.1. The Morgan fingerprint density at radius 2 is 1.93 bits per heavy atom. The minimum absolute atomic E-state index is 0.157. The van der Waals surface area contributed by atoms with E-state index in [1.165, 1.54) is 29.2 Å². The van der Waals surface area contributed by atoms with Crippen molar-refractivity contribution < 1.29 is 30.9 Å². The molecular weight excluding hydrogens is 423 g/mol. The van der Waals surface area contributed by atoms with Crippen molar-refractivity contribution in [2.24, 2.45) is 0 Å². The van der Waals surface area contributed by atoms with Crippen molar-refractivity contribution in [3.05, 3.63) is 65.0 Å². The van der Waals surface area contributed by atoms with Gasteiger partial charge in [0.05, 0.1) is 4.90 Å². The van der Waals surface area contributed by atoms with E-state index in [0.29, 0.717) is 16.7 Å². The minimum Gasteiger partial charge on any atom is -0.330 e. The van der Waals surface area contributed by atoms with Gasteiger partial charge in [0, 0.05) is 30.5 Å². The molecule has 0 aliphatic carbocycles. The van der Waals surface area contributed by atoms with Crippen LogP contribution >= 0.6 is 0 Å². The summed E-state index contributed by atoms with van der Waals surface area (Å²) in [6.07, 6.45) is -3.65. The van der Waals surface area contributed by atoms with Crippen LogP contribution in [0.5, 0.6) is 0 Å². The zero-order chi connectivity index (χ0) is 21.7. The van der Waals surface area contributed by atoms with Crippen LogP contribution in [0.1, 0.15) is 27.4 Å². The molecule has 0 fully saturated rings. The first-order valence-corrected chi connectivity index (χ1v) is 10.5. The number of halogens is 3. The third-order valence-corrected chi connectivity index (χ3v) is 5.73. The lowest BCUT2D eigenvalue weighted by atomic mass is 10.1. The molecule has 0 saturated heterocycles. The summed E-state index contributed by atoms with van der Waals surface area (Å²) in [6, 6.07) is 10.9. The maximum absolute atomic E-state index is 12.8. The van der Waals surface area contributed by atoms with Crippen LogP contribution in [0.3, 0.4) is 0 Å². The number of aromatic nitrogens is 2. The Balaban J connectivity index is 1.58. The summed E-state index contributed by atoms with van der Waals surface area (Å²) in [6.45, 7) is 0.476. The van der Waals surface area contributed by atoms with Crippen LogP contribution in [0.4, 0.5) is 13.2 Å². The van der Waals surface area contributed by atoms with E-state index in [2.05, 4.69) is 14.7 Å². The molecule has 1 aromatic heterocycles. The number of hydrogen-bond acceptors (Lipinski definition) is 6. The molecule has 30 heavy (non-hydrogen) atoms. The van der Waals surface area contributed by atoms with Crippen molar-refractivity contribution >= 4 is 15.7 Å². The van der Waals surface area contributed by atoms with Crippen molar-refractivity contribution in [3.8, 4) is 11.4 Å². The van der Waals surface area contributed by atoms with E-state index >= 15 is 0 Å². The number of amides is 1. The Kier molecular flexibility index (Phi) is 4.64. The van der Waals surface area contributed by atoms with Gasteiger partial charge in [-0.15, -0.1) is 0 Å². The lowest BCUT2D eigenvalue weighted by molar-refractivity contribution is -0.159. The molecule has 4 rings (SSSR count). The van der Waals surface area contributed by atoms with Gasteiger partial charge in [0.15, 0.2) is 9.84 Å². The third-order valence-electron chi connectivity index (χ3n) is 4.62. The number of alkyl halides is 3. The summed E-state index contributed by atoms with van der Waals surface area (Å²) < 4.78 is 65.7. The van der Waals surface area contributed by atoms with Crippen LogP contribution in [-0.4, -0.2) is 35.6 Å². The maximum atomic E-state index is 12.8. The van der Waals surface area contributed by atoms with E-state index in [0.717, 1.165) is 6.26 Å². The molecule has 0 unspecified atom stereocenters. The van der Waals surface area contributed by atoms with E-state index in [1.54, 1.807) is 18.2 Å². The van der Waals surface area contributed by atoms with E-state index in [-0.39, 0.29) is 35.3 Å². The van der Waals surface area contributed by atoms with Gasteiger partial charge in [-0.1, -0.05) is 29.4 Å². The molecule has 1 amide bonds. The first-order valence-electron chi connectivity index (χ1n) is 8.65. The normalized spacial score (nSPS) is 14.3. The van der Waals surface area contributed by atoms with Crippen molar-refractivity contribution in [2.45, 2.75) is 24.2 Å². The molecule has 0 N–H and O–H groups in total. The van der Waals surface area contributed by atoms with Crippen LogP contribution in [0.25, 0.3) is 11.4 Å². The number of rotatable bonds is 4. The molecule has 7 nitrogen and oxygen atoms in total. The zero-order valence-corrected chi connectivity index (χ0v) is 16.3. The summed E-state index contributed by atoms with van der Waals surface area (Å²) >= 11 is 0. The monoisotopic (exact) mass is 437 g/mol.